The van der Waals surface area contributed by atoms with E-state index in [-0.39, 0.29) is 22.5 Å². The largest absolute Gasteiger partial charge is 0.321 e. The quantitative estimate of drug-likeness (QED) is 0.682. The second-order valence-corrected chi connectivity index (χ2v) is 6.74. The van der Waals surface area contributed by atoms with Crippen LogP contribution in [0.2, 0.25) is 5.02 Å². The Morgan fingerprint density at radius 3 is 2.50 bits per heavy atom. The number of imide groups is 1. The van der Waals surface area contributed by atoms with E-state index in [1.165, 1.54) is 24.4 Å². The fourth-order valence-corrected chi connectivity index (χ4v) is 3.17. The van der Waals surface area contributed by atoms with Crippen LogP contribution >= 0.6 is 11.6 Å². The zero-order valence-corrected chi connectivity index (χ0v) is 15.5. The van der Waals surface area contributed by atoms with E-state index < -0.39 is 17.7 Å². The van der Waals surface area contributed by atoms with Gasteiger partial charge in [-0.25, -0.2) is 9.88 Å². The molecule has 138 valence electrons. The summed E-state index contributed by atoms with van der Waals surface area (Å²) in [7, 11) is 0. The van der Waals surface area contributed by atoms with Crippen molar-refractivity contribution in [2.24, 2.45) is 0 Å². The van der Waals surface area contributed by atoms with E-state index in [4.69, 9.17) is 11.6 Å². The van der Waals surface area contributed by atoms with Crippen molar-refractivity contribution >= 4 is 40.8 Å². The summed E-state index contributed by atoms with van der Waals surface area (Å²) in [6.45, 7) is 1.85. The number of pyridine rings is 1. The first kappa shape index (κ1) is 17.9. The monoisotopic (exact) mass is 391 g/mol. The number of benzene rings is 2. The predicted molar refractivity (Wildman–Crippen MR) is 106 cm³/mol. The minimum atomic E-state index is -0.509. The first-order chi connectivity index (χ1) is 13.5. The molecule has 3 amide bonds. The van der Waals surface area contributed by atoms with Crippen molar-refractivity contribution in [1.82, 2.24) is 4.98 Å². The standard InChI is InChI=1S/C21H14ClN3O3/c1-12-8-9-23-18(10-12)25-20(27)14-7-6-13(11-15(14)21(25)28)19(26)24-17-5-3-2-4-16(17)22/h2-11H,1H3,(H,24,26). The summed E-state index contributed by atoms with van der Waals surface area (Å²) >= 11 is 6.06. The van der Waals surface area contributed by atoms with E-state index in [2.05, 4.69) is 10.3 Å². The molecule has 3 aromatic rings. The third-order valence-corrected chi connectivity index (χ3v) is 4.73. The number of carbonyl (C=O) groups is 3. The maximum absolute atomic E-state index is 12.8. The van der Waals surface area contributed by atoms with Gasteiger partial charge in [0.1, 0.15) is 5.82 Å². The van der Waals surface area contributed by atoms with Crippen LogP contribution in [0.1, 0.15) is 36.6 Å². The lowest BCUT2D eigenvalue weighted by Gasteiger charge is -2.12. The average molecular weight is 392 g/mol. The molecule has 1 aliphatic heterocycles. The van der Waals surface area contributed by atoms with Crippen molar-refractivity contribution in [3.63, 3.8) is 0 Å². The molecule has 0 fully saturated rings. The van der Waals surface area contributed by atoms with Gasteiger partial charge in [-0.2, -0.15) is 0 Å². The molecule has 0 radical (unpaired) electrons. The zero-order valence-electron chi connectivity index (χ0n) is 14.8. The van der Waals surface area contributed by atoms with Crippen LogP contribution in [-0.4, -0.2) is 22.7 Å². The molecule has 28 heavy (non-hydrogen) atoms. The van der Waals surface area contributed by atoms with Crippen LogP contribution < -0.4 is 10.2 Å². The molecule has 7 heteroatoms. The van der Waals surface area contributed by atoms with Crippen molar-refractivity contribution in [1.29, 1.82) is 0 Å². The van der Waals surface area contributed by atoms with Gasteiger partial charge in [-0.15, -0.1) is 0 Å². The number of hydrogen-bond acceptors (Lipinski definition) is 4. The zero-order chi connectivity index (χ0) is 19.8. The maximum Gasteiger partial charge on any atom is 0.267 e. The topological polar surface area (TPSA) is 79.4 Å². The Morgan fingerprint density at radius 1 is 1.00 bits per heavy atom. The third kappa shape index (κ3) is 3.04. The van der Waals surface area contributed by atoms with Gasteiger partial charge >= 0.3 is 0 Å². The Bertz CT molecular complexity index is 1140. The van der Waals surface area contributed by atoms with Crippen LogP contribution in [0.15, 0.2) is 60.8 Å². The first-order valence-corrected chi connectivity index (χ1v) is 8.85. The number of nitrogens with zero attached hydrogens (tertiary/aromatic N) is 2. The summed E-state index contributed by atoms with van der Waals surface area (Å²) in [4.78, 5) is 43.2. The number of halogens is 1. The summed E-state index contributed by atoms with van der Waals surface area (Å²) in [5.74, 6) is -1.14. The number of rotatable bonds is 3. The number of hydrogen-bond donors (Lipinski definition) is 1. The summed E-state index contributed by atoms with van der Waals surface area (Å²) in [5, 5.41) is 3.10. The van der Waals surface area contributed by atoms with Crippen LogP contribution in [0, 0.1) is 6.92 Å². The fraction of sp³-hybridized carbons (Fsp3) is 0.0476. The average Bonchev–Trinajstić information content (AvgIpc) is 2.93. The second kappa shape index (κ2) is 6.90. The molecule has 1 aliphatic rings. The number of para-hydroxylation sites is 1. The highest BCUT2D eigenvalue weighted by atomic mass is 35.5. The Kier molecular flexibility index (Phi) is 4.41. The molecule has 0 spiro atoms. The van der Waals surface area contributed by atoms with Crippen LogP contribution in [-0.2, 0) is 0 Å². The lowest BCUT2D eigenvalue weighted by Crippen LogP contribution is -2.30. The molecule has 4 rings (SSSR count). The van der Waals surface area contributed by atoms with Crippen LogP contribution in [0.5, 0.6) is 0 Å². The van der Waals surface area contributed by atoms with E-state index >= 15 is 0 Å². The van der Waals surface area contributed by atoms with Crippen molar-refractivity contribution in [3.8, 4) is 0 Å². The summed E-state index contributed by atoms with van der Waals surface area (Å²) < 4.78 is 0. The highest BCUT2D eigenvalue weighted by Gasteiger charge is 2.38. The van der Waals surface area contributed by atoms with Gasteiger partial charge in [-0.1, -0.05) is 23.7 Å². The lowest BCUT2D eigenvalue weighted by atomic mass is 10.1. The number of amides is 3. The van der Waals surface area contributed by atoms with E-state index in [1.807, 2.05) is 6.92 Å². The lowest BCUT2D eigenvalue weighted by molar-refractivity contribution is 0.0924. The molecule has 0 unspecified atom stereocenters. The van der Waals surface area contributed by atoms with E-state index in [1.54, 1.807) is 36.4 Å². The molecule has 0 saturated carbocycles. The van der Waals surface area contributed by atoms with Gasteiger partial charge in [-0.05, 0) is 55.0 Å². The highest BCUT2D eigenvalue weighted by Crippen LogP contribution is 2.29. The molecule has 6 nitrogen and oxygen atoms in total. The molecule has 0 aliphatic carbocycles. The van der Waals surface area contributed by atoms with Gasteiger partial charge in [0.05, 0.1) is 21.8 Å². The molecular formula is C21H14ClN3O3. The predicted octanol–water partition coefficient (Wildman–Crippen LogP) is 4.10. The SMILES string of the molecule is Cc1ccnc(N2C(=O)c3ccc(C(=O)Nc4ccccc4Cl)cc3C2=O)c1. The molecule has 0 bridgehead atoms. The summed E-state index contributed by atoms with van der Waals surface area (Å²) in [6.07, 6.45) is 1.54. The Hall–Kier alpha value is -3.51. The Labute approximate surface area is 165 Å². The van der Waals surface area contributed by atoms with Gasteiger partial charge in [0, 0.05) is 11.8 Å². The van der Waals surface area contributed by atoms with Crippen molar-refractivity contribution in [3.05, 3.63) is 88.1 Å². The molecule has 1 aromatic heterocycles. The van der Waals surface area contributed by atoms with E-state index in [9.17, 15) is 14.4 Å². The summed E-state index contributed by atoms with van der Waals surface area (Å²) in [5.41, 5.74) is 1.99. The molecule has 0 saturated heterocycles. The van der Waals surface area contributed by atoms with E-state index in [0.29, 0.717) is 10.7 Å². The van der Waals surface area contributed by atoms with Gasteiger partial charge < -0.3 is 5.32 Å². The normalized spacial score (nSPS) is 12.9. The van der Waals surface area contributed by atoms with Gasteiger partial charge in [0.15, 0.2) is 0 Å². The molecule has 2 aromatic carbocycles. The van der Waals surface area contributed by atoms with Gasteiger partial charge in [0.2, 0.25) is 0 Å². The van der Waals surface area contributed by atoms with Crippen molar-refractivity contribution < 1.29 is 14.4 Å². The van der Waals surface area contributed by atoms with Crippen molar-refractivity contribution in [2.75, 3.05) is 10.2 Å². The smallest absolute Gasteiger partial charge is 0.267 e. The third-order valence-electron chi connectivity index (χ3n) is 4.40. The number of aromatic nitrogens is 1. The number of aryl methyl sites for hydroxylation is 1. The van der Waals surface area contributed by atoms with Crippen LogP contribution in [0.25, 0.3) is 0 Å². The minimum absolute atomic E-state index is 0.167. The van der Waals surface area contributed by atoms with E-state index in [0.717, 1.165) is 10.5 Å². The van der Waals surface area contributed by atoms with Gasteiger partial charge in [0.25, 0.3) is 17.7 Å². The van der Waals surface area contributed by atoms with Crippen LogP contribution in [0.3, 0.4) is 0 Å². The number of anilines is 2. The summed E-state index contributed by atoms with van der Waals surface area (Å²) in [6, 6.07) is 14.7. The van der Waals surface area contributed by atoms with Crippen molar-refractivity contribution in [2.45, 2.75) is 6.92 Å². The molecule has 2 heterocycles. The number of nitrogens with one attached hydrogen (secondary N) is 1. The Morgan fingerprint density at radius 2 is 1.75 bits per heavy atom. The molecule has 1 N–H and O–H groups in total. The molecular weight excluding hydrogens is 378 g/mol. The van der Waals surface area contributed by atoms with Gasteiger partial charge in [-0.3, -0.25) is 14.4 Å². The minimum Gasteiger partial charge on any atom is -0.321 e. The number of carbonyl (C=O) groups excluding carboxylic acids is 3. The highest BCUT2D eigenvalue weighted by molar-refractivity contribution is 6.35. The maximum atomic E-state index is 12.8. The second-order valence-electron chi connectivity index (χ2n) is 6.33. The number of fused-ring (bicyclic) bond motifs is 1. The van der Waals surface area contributed by atoms with Crippen LogP contribution in [0.4, 0.5) is 11.5 Å². The molecule has 0 atom stereocenters. The first-order valence-electron chi connectivity index (χ1n) is 8.47. The Balaban J connectivity index is 1.65. The fourth-order valence-electron chi connectivity index (χ4n) is 2.99.